The zero-order chi connectivity index (χ0) is 20.1. The Labute approximate surface area is 141 Å². The molecule has 146 valence electrons. The van der Waals surface area contributed by atoms with Crippen LogP contribution >= 0.6 is 0 Å². The van der Waals surface area contributed by atoms with Gasteiger partial charge in [0.15, 0.2) is 0 Å². The van der Waals surface area contributed by atoms with Crippen LogP contribution in [0.4, 0.5) is 43.9 Å². The van der Waals surface area contributed by atoms with E-state index in [2.05, 4.69) is 0 Å². The van der Waals surface area contributed by atoms with Gasteiger partial charge >= 0.3 is 12.4 Å². The van der Waals surface area contributed by atoms with Gasteiger partial charge < -0.3 is 0 Å². The number of rotatable bonds is 6. The zero-order valence-corrected chi connectivity index (χ0v) is 12.9. The number of aryl methyl sites for hydroxylation is 2. The van der Waals surface area contributed by atoms with Crippen molar-refractivity contribution in [3.8, 4) is 0 Å². The van der Waals surface area contributed by atoms with Crippen molar-refractivity contribution >= 4 is 0 Å². The highest BCUT2D eigenvalue weighted by atomic mass is 19.4. The summed E-state index contributed by atoms with van der Waals surface area (Å²) in [6.45, 7) is 0. The first kappa shape index (κ1) is 22.0. The van der Waals surface area contributed by atoms with Crippen molar-refractivity contribution in [1.29, 1.82) is 0 Å². The largest absolute Gasteiger partial charge is 0.417 e. The predicted molar refractivity (Wildman–Crippen MR) is 73.7 cm³/mol. The van der Waals surface area contributed by atoms with E-state index < -0.39 is 72.5 Å². The van der Waals surface area contributed by atoms with Crippen molar-refractivity contribution in [3.05, 3.63) is 58.7 Å². The highest BCUT2D eigenvalue weighted by molar-refractivity contribution is 5.45. The van der Waals surface area contributed by atoms with Gasteiger partial charge in [-0.25, -0.2) is 0 Å². The molecule has 1 aromatic carbocycles. The number of hydrogen-bond acceptors (Lipinski definition) is 0. The van der Waals surface area contributed by atoms with Crippen molar-refractivity contribution < 1.29 is 43.9 Å². The van der Waals surface area contributed by atoms with Gasteiger partial charge in [-0.2, -0.15) is 43.9 Å². The van der Waals surface area contributed by atoms with Crippen LogP contribution in [-0.4, -0.2) is 0 Å². The molecular formula is C16H12F10. The Morgan fingerprint density at radius 2 is 0.962 bits per heavy atom. The molecule has 0 amide bonds. The molecule has 0 bridgehead atoms. The summed E-state index contributed by atoms with van der Waals surface area (Å²) in [5, 5.41) is 0. The van der Waals surface area contributed by atoms with E-state index in [9.17, 15) is 43.9 Å². The van der Waals surface area contributed by atoms with Crippen LogP contribution in [0, 0.1) is 0 Å². The molecule has 0 aliphatic heterocycles. The molecule has 0 unspecified atom stereocenters. The van der Waals surface area contributed by atoms with Gasteiger partial charge in [-0.15, -0.1) is 0 Å². The van der Waals surface area contributed by atoms with Crippen molar-refractivity contribution in [3.63, 3.8) is 0 Å². The van der Waals surface area contributed by atoms with Crippen LogP contribution in [0.1, 0.15) is 35.1 Å². The second-order valence-electron chi connectivity index (χ2n) is 5.19. The SMILES string of the molecule is FC(F)=CCCc1ccc(CCC=C(F)F)c(C(F)(F)F)c1C(F)(F)F. The van der Waals surface area contributed by atoms with E-state index in [1.165, 1.54) is 0 Å². The Morgan fingerprint density at radius 1 is 0.654 bits per heavy atom. The Bertz CT molecular complexity index is 612. The third-order valence-electron chi connectivity index (χ3n) is 3.37. The second-order valence-corrected chi connectivity index (χ2v) is 5.19. The molecule has 0 aromatic heterocycles. The number of alkyl halides is 6. The normalized spacial score (nSPS) is 12.1. The summed E-state index contributed by atoms with van der Waals surface area (Å²) in [4.78, 5) is 0. The maximum Gasteiger partial charge on any atom is 0.417 e. The molecular weight excluding hydrogens is 382 g/mol. The molecule has 10 heteroatoms. The molecule has 0 fully saturated rings. The highest BCUT2D eigenvalue weighted by Crippen LogP contribution is 2.44. The summed E-state index contributed by atoms with van der Waals surface area (Å²) < 4.78 is 128. The van der Waals surface area contributed by atoms with Crippen LogP contribution in [0.2, 0.25) is 0 Å². The van der Waals surface area contributed by atoms with Crippen molar-refractivity contribution in [2.75, 3.05) is 0 Å². The maximum absolute atomic E-state index is 13.3. The quantitative estimate of drug-likeness (QED) is 0.450. The molecule has 0 radical (unpaired) electrons. The number of allylic oxidation sites excluding steroid dienone is 2. The van der Waals surface area contributed by atoms with Crippen LogP contribution < -0.4 is 0 Å². The Hall–Kier alpha value is -2.00. The molecule has 0 atom stereocenters. The first-order valence-corrected chi connectivity index (χ1v) is 7.15. The maximum atomic E-state index is 13.3. The average molecular weight is 394 g/mol. The van der Waals surface area contributed by atoms with Gasteiger partial charge in [0, 0.05) is 0 Å². The molecule has 0 N–H and O–H groups in total. The van der Waals surface area contributed by atoms with E-state index in [-0.39, 0.29) is 0 Å². The predicted octanol–water partition coefficient (Wildman–Crippen LogP) is 7.15. The fraction of sp³-hybridized carbons (Fsp3) is 0.375. The summed E-state index contributed by atoms with van der Waals surface area (Å²) in [6, 6.07) is 1.51. The number of hydrogen-bond donors (Lipinski definition) is 0. The fourth-order valence-electron chi connectivity index (χ4n) is 2.43. The minimum Gasteiger partial charge on any atom is -0.174 e. The van der Waals surface area contributed by atoms with Gasteiger partial charge in [-0.05, 0) is 49.0 Å². The van der Waals surface area contributed by atoms with Crippen molar-refractivity contribution in [1.82, 2.24) is 0 Å². The lowest BCUT2D eigenvalue weighted by atomic mass is 9.90. The summed E-state index contributed by atoms with van der Waals surface area (Å²) in [5.74, 6) is 0. The van der Waals surface area contributed by atoms with E-state index in [0.29, 0.717) is 12.2 Å². The second kappa shape index (κ2) is 8.59. The number of halogens is 10. The Morgan fingerprint density at radius 3 is 1.19 bits per heavy atom. The minimum absolute atomic E-state index is 0.302. The highest BCUT2D eigenvalue weighted by Gasteiger charge is 2.46. The fourth-order valence-corrected chi connectivity index (χ4v) is 2.43. The number of benzene rings is 1. The first-order chi connectivity index (χ1) is 11.8. The van der Waals surface area contributed by atoms with Gasteiger partial charge in [0.25, 0.3) is 12.2 Å². The van der Waals surface area contributed by atoms with Crippen LogP contribution in [0.25, 0.3) is 0 Å². The third kappa shape index (κ3) is 6.38. The van der Waals surface area contributed by atoms with Crippen molar-refractivity contribution in [2.24, 2.45) is 0 Å². The zero-order valence-electron chi connectivity index (χ0n) is 12.9. The molecule has 0 saturated carbocycles. The summed E-state index contributed by atoms with van der Waals surface area (Å²) in [7, 11) is 0. The summed E-state index contributed by atoms with van der Waals surface area (Å²) >= 11 is 0. The van der Waals surface area contributed by atoms with E-state index in [0.717, 1.165) is 12.1 Å². The summed E-state index contributed by atoms with van der Waals surface area (Å²) in [5.41, 5.74) is -5.53. The molecule has 0 heterocycles. The van der Waals surface area contributed by atoms with Gasteiger partial charge in [-0.1, -0.05) is 12.1 Å². The van der Waals surface area contributed by atoms with Crippen LogP contribution in [0.15, 0.2) is 36.4 Å². The molecule has 0 spiro atoms. The van der Waals surface area contributed by atoms with E-state index in [1.807, 2.05) is 0 Å². The van der Waals surface area contributed by atoms with E-state index in [1.54, 1.807) is 0 Å². The lowest BCUT2D eigenvalue weighted by molar-refractivity contribution is -0.163. The molecule has 1 rings (SSSR count). The Kier molecular flexibility index (Phi) is 7.28. The molecule has 0 saturated heterocycles. The topological polar surface area (TPSA) is 0 Å². The van der Waals surface area contributed by atoms with E-state index in [4.69, 9.17) is 0 Å². The van der Waals surface area contributed by atoms with Gasteiger partial charge in [0.05, 0.1) is 11.1 Å². The lowest BCUT2D eigenvalue weighted by Crippen LogP contribution is -2.21. The van der Waals surface area contributed by atoms with Gasteiger partial charge in [-0.3, -0.25) is 0 Å². The Balaban J connectivity index is 3.47. The first-order valence-electron chi connectivity index (χ1n) is 7.15. The van der Waals surface area contributed by atoms with Crippen LogP contribution in [0.5, 0.6) is 0 Å². The van der Waals surface area contributed by atoms with Crippen LogP contribution in [-0.2, 0) is 25.2 Å². The average Bonchev–Trinajstić information content (AvgIpc) is 2.44. The van der Waals surface area contributed by atoms with Crippen LogP contribution in [0.3, 0.4) is 0 Å². The van der Waals surface area contributed by atoms with Crippen molar-refractivity contribution in [2.45, 2.75) is 38.0 Å². The standard InChI is InChI=1S/C16H12F10/c17-11(18)5-1-3-9-7-8-10(4-2-6-12(19)20)14(16(24,25)26)13(9)15(21,22)23/h5-8H,1-4H2. The minimum atomic E-state index is -5.39. The monoisotopic (exact) mass is 394 g/mol. The third-order valence-corrected chi connectivity index (χ3v) is 3.37. The smallest absolute Gasteiger partial charge is 0.174 e. The molecule has 26 heavy (non-hydrogen) atoms. The molecule has 1 aromatic rings. The lowest BCUT2D eigenvalue weighted by Gasteiger charge is -2.22. The van der Waals surface area contributed by atoms with Gasteiger partial charge in [0.2, 0.25) is 0 Å². The molecule has 0 nitrogen and oxygen atoms in total. The summed E-state index contributed by atoms with van der Waals surface area (Å²) in [6.07, 6.45) is -17.0. The van der Waals surface area contributed by atoms with Gasteiger partial charge in [0.1, 0.15) is 0 Å². The molecule has 0 aliphatic rings. The molecule has 0 aliphatic carbocycles. The van der Waals surface area contributed by atoms with E-state index >= 15 is 0 Å².